The summed E-state index contributed by atoms with van der Waals surface area (Å²) in [4.78, 5) is 6.83. The third kappa shape index (κ3) is 3.45. The van der Waals surface area contributed by atoms with Crippen LogP contribution in [0.15, 0.2) is 36.5 Å². The van der Waals surface area contributed by atoms with Crippen molar-refractivity contribution in [2.45, 2.75) is 31.1 Å². The van der Waals surface area contributed by atoms with Crippen molar-refractivity contribution in [2.75, 3.05) is 19.6 Å². The third-order valence-corrected chi connectivity index (χ3v) is 6.96. The van der Waals surface area contributed by atoms with Crippen LogP contribution in [0.5, 0.6) is 0 Å². The van der Waals surface area contributed by atoms with E-state index in [0.717, 1.165) is 44.4 Å². The molecule has 2 heterocycles. The van der Waals surface area contributed by atoms with E-state index in [0.29, 0.717) is 12.5 Å². The fraction of sp³-hybridized carbons (Fsp3) is 0.500. The zero-order valence-corrected chi connectivity index (χ0v) is 14.5. The van der Waals surface area contributed by atoms with Gasteiger partial charge in [-0.2, -0.15) is 0 Å². The summed E-state index contributed by atoms with van der Waals surface area (Å²) in [6, 6.07) is 10.3. The van der Waals surface area contributed by atoms with E-state index in [1.54, 1.807) is 0 Å². The van der Waals surface area contributed by atoms with Crippen LogP contribution in [0.4, 0.5) is 0 Å². The molecular formula is C18H23N3O2S. The highest BCUT2D eigenvalue weighted by molar-refractivity contribution is 7.90. The minimum absolute atomic E-state index is 0.127. The van der Waals surface area contributed by atoms with Crippen LogP contribution in [0, 0.1) is 5.92 Å². The number of sulfonamides is 1. The quantitative estimate of drug-likeness (QED) is 0.871. The average Bonchev–Trinajstić information content (AvgIpc) is 3.36. The number of fused-ring (bicyclic) bond motifs is 1. The van der Waals surface area contributed by atoms with Gasteiger partial charge in [0.05, 0.1) is 10.8 Å². The summed E-state index contributed by atoms with van der Waals surface area (Å²) in [5.41, 5.74) is 2.32. The van der Waals surface area contributed by atoms with Crippen LogP contribution in [0.1, 0.15) is 24.8 Å². The van der Waals surface area contributed by atoms with Crippen LogP contribution >= 0.6 is 0 Å². The smallest absolute Gasteiger partial charge is 0.214 e. The van der Waals surface area contributed by atoms with Gasteiger partial charge in [0.2, 0.25) is 10.0 Å². The zero-order valence-electron chi connectivity index (χ0n) is 13.7. The van der Waals surface area contributed by atoms with E-state index in [2.05, 4.69) is 26.7 Å². The molecule has 0 spiro atoms. The minimum atomic E-state index is -3.06. The monoisotopic (exact) mass is 345 g/mol. The SMILES string of the molecule is O=S(=O)(NCC1CCN(Cc2ccnc3ccccc23)C1)C1CC1. The largest absolute Gasteiger partial charge is 0.299 e. The van der Waals surface area contributed by atoms with E-state index in [1.165, 1.54) is 10.9 Å². The number of nitrogens with zero attached hydrogens (tertiary/aromatic N) is 2. The Labute approximate surface area is 143 Å². The molecule has 1 aromatic carbocycles. The summed E-state index contributed by atoms with van der Waals surface area (Å²) in [5, 5.41) is 1.08. The Bertz CT molecular complexity index is 828. The lowest BCUT2D eigenvalue weighted by molar-refractivity contribution is 0.317. The Hall–Kier alpha value is -1.50. The average molecular weight is 345 g/mol. The number of nitrogens with one attached hydrogen (secondary N) is 1. The number of pyridine rings is 1. The fourth-order valence-corrected chi connectivity index (χ4v) is 4.95. The van der Waals surface area contributed by atoms with Crippen molar-refractivity contribution in [3.05, 3.63) is 42.1 Å². The van der Waals surface area contributed by atoms with Crippen molar-refractivity contribution in [3.8, 4) is 0 Å². The lowest BCUT2D eigenvalue weighted by atomic mass is 10.1. The van der Waals surface area contributed by atoms with Gasteiger partial charge in [-0.25, -0.2) is 13.1 Å². The van der Waals surface area contributed by atoms with Gasteiger partial charge in [0, 0.05) is 31.2 Å². The van der Waals surface area contributed by atoms with Gasteiger partial charge in [-0.05, 0) is 49.4 Å². The molecule has 1 aliphatic carbocycles. The van der Waals surface area contributed by atoms with Gasteiger partial charge < -0.3 is 0 Å². The molecule has 1 aromatic heterocycles. The van der Waals surface area contributed by atoms with Gasteiger partial charge in [-0.3, -0.25) is 9.88 Å². The molecule has 1 saturated heterocycles. The zero-order chi connectivity index (χ0) is 16.6. The van der Waals surface area contributed by atoms with E-state index in [-0.39, 0.29) is 5.25 Å². The van der Waals surface area contributed by atoms with Gasteiger partial charge in [0.1, 0.15) is 0 Å². The van der Waals surface area contributed by atoms with Crippen molar-refractivity contribution in [1.82, 2.24) is 14.6 Å². The summed E-state index contributed by atoms with van der Waals surface area (Å²) < 4.78 is 26.7. The second kappa shape index (κ2) is 6.43. The van der Waals surface area contributed by atoms with Crippen molar-refractivity contribution in [1.29, 1.82) is 0 Å². The normalized spacial score (nSPS) is 22.2. The minimum Gasteiger partial charge on any atom is -0.299 e. The molecule has 128 valence electrons. The van der Waals surface area contributed by atoms with Gasteiger partial charge in [0.25, 0.3) is 0 Å². The van der Waals surface area contributed by atoms with Crippen molar-refractivity contribution < 1.29 is 8.42 Å². The number of aromatic nitrogens is 1. The number of hydrogen-bond donors (Lipinski definition) is 1. The Morgan fingerprint density at radius 3 is 2.83 bits per heavy atom. The second-order valence-corrected chi connectivity index (χ2v) is 9.02. The first-order chi connectivity index (χ1) is 11.6. The number of likely N-dealkylation sites (tertiary alicyclic amines) is 1. The molecule has 1 N–H and O–H groups in total. The van der Waals surface area contributed by atoms with Gasteiger partial charge in [0.15, 0.2) is 0 Å². The molecule has 1 aliphatic heterocycles. The lowest BCUT2D eigenvalue weighted by Crippen LogP contribution is -2.33. The first kappa shape index (κ1) is 16.0. The van der Waals surface area contributed by atoms with E-state index < -0.39 is 10.0 Å². The molecule has 6 heteroatoms. The van der Waals surface area contributed by atoms with Crippen LogP contribution in [0.3, 0.4) is 0 Å². The predicted molar refractivity (Wildman–Crippen MR) is 95.1 cm³/mol. The molecule has 2 aromatic rings. The highest BCUT2D eigenvalue weighted by Gasteiger charge is 2.36. The van der Waals surface area contributed by atoms with Crippen LogP contribution in [0.2, 0.25) is 0 Å². The lowest BCUT2D eigenvalue weighted by Gasteiger charge is -2.17. The highest BCUT2D eigenvalue weighted by Crippen LogP contribution is 2.28. The van der Waals surface area contributed by atoms with Crippen molar-refractivity contribution in [2.24, 2.45) is 5.92 Å². The topological polar surface area (TPSA) is 62.3 Å². The maximum atomic E-state index is 11.9. The summed E-state index contributed by atoms with van der Waals surface area (Å²) in [6.07, 6.45) is 4.56. The van der Waals surface area contributed by atoms with E-state index in [1.807, 2.05) is 24.4 Å². The number of hydrogen-bond acceptors (Lipinski definition) is 4. The summed E-state index contributed by atoms with van der Waals surface area (Å²) in [6.45, 7) is 3.44. The Morgan fingerprint density at radius 2 is 2.00 bits per heavy atom. The van der Waals surface area contributed by atoms with Gasteiger partial charge in [-0.15, -0.1) is 0 Å². The molecule has 2 fully saturated rings. The first-order valence-corrected chi connectivity index (χ1v) is 10.2. The van der Waals surface area contributed by atoms with E-state index in [9.17, 15) is 8.42 Å². The number of para-hydroxylation sites is 1. The highest BCUT2D eigenvalue weighted by atomic mass is 32.2. The van der Waals surface area contributed by atoms with E-state index >= 15 is 0 Å². The molecule has 1 unspecified atom stereocenters. The van der Waals surface area contributed by atoms with Gasteiger partial charge in [-0.1, -0.05) is 18.2 Å². The maximum Gasteiger partial charge on any atom is 0.214 e. The van der Waals surface area contributed by atoms with Crippen LogP contribution in [0.25, 0.3) is 10.9 Å². The summed E-state index contributed by atoms with van der Waals surface area (Å²) in [7, 11) is -3.06. The summed E-state index contributed by atoms with van der Waals surface area (Å²) in [5.74, 6) is 0.409. The van der Waals surface area contributed by atoms with Crippen molar-refractivity contribution in [3.63, 3.8) is 0 Å². The Morgan fingerprint density at radius 1 is 1.17 bits per heavy atom. The molecular weight excluding hydrogens is 322 g/mol. The van der Waals surface area contributed by atoms with Crippen molar-refractivity contribution >= 4 is 20.9 Å². The number of benzene rings is 1. The van der Waals surface area contributed by atoms with Crippen LogP contribution in [-0.2, 0) is 16.6 Å². The molecule has 24 heavy (non-hydrogen) atoms. The predicted octanol–water partition coefficient (Wildman–Crippen LogP) is 2.14. The Balaban J connectivity index is 1.36. The fourth-order valence-electron chi connectivity index (χ4n) is 3.49. The van der Waals surface area contributed by atoms with Crippen LogP contribution in [-0.4, -0.2) is 43.2 Å². The molecule has 0 bridgehead atoms. The molecule has 1 saturated carbocycles. The van der Waals surface area contributed by atoms with E-state index in [4.69, 9.17) is 0 Å². The molecule has 5 nitrogen and oxygen atoms in total. The molecule has 1 atom stereocenters. The van der Waals surface area contributed by atoms with Gasteiger partial charge >= 0.3 is 0 Å². The Kier molecular flexibility index (Phi) is 4.28. The summed E-state index contributed by atoms with van der Waals surface area (Å²) >= 11 is 0. The molecule has 0 amide bonds. The first-order valence-electron chi connectivity index (χ1n) is 8.65. The van der Waals surface area contributed by atoms with Crippen LogP contribution < -0.4 is 4.72 Å². The standard InChI is InChI=1S/C18H23N3O2S/c22-24(23,16-5-6-16)20-11-14-8-10-21(12-14)13-15-7-9-19-18-4-2-1-3-17(15)18/h1-4,7,9,14,16,20H,5-6,8,10-13H2. The second-order valence-electron chi connectivity index (χ2n) is 6.97. The molecule has 2 aliphatic rings. The molecule has 0 radical (unpaired) electrons. The third-order valence-electron chi connectivity index (χ3n) is 5.04. The molecule has 4 rings (SSSR count). The maximum absolute atomic E-state index is 11.9. The number of rotatable bonds is 6.